The molecule has 0 saturated carbocycles. The van der Waals surface area contributed by atoms with E-state index in [2.05, 4.69) is 15.2 Å². The number of thiazole rings is 1. The van der Waals surface area contributed by atoms with Crippen molar-refractivity contribution in [1.29, 1.82) is 0 Å². The van der Waals surface area contributed by atoms with E-state index < -0.39 is 0 Å². The number of aromatic nitrogens is 3. The summed E-state index contributed by atoms with van der Waals surface area (Å²) in [7, 11) is 1.81. The highest BCUT2D eigenvalue weighted by Crippen LogP contribution is 2.22. The van der Waals surface area contributed by atoms with Crippen LogP contribution in [0.5, 0.6) is 0 Å². The second kappa shape index (κ2) is 8.46. The van der Waals surface area contributed by atoms with Gasteiger partial charge in [-0.3, -0.25) is 4.79 Å². The Morgan fingerprint density at radius 3 is 2.77 bits per heavy atom. The molecule has 1 aromatic carbocycles. The van der Waals surface area contributed by atoms with Crippen molar-refractivity contribution in [2.45, 2.75) is 31.5 Å². The van der Waals surface area contributed by atoms with E-state index in [-0.39, 0.29) is 17.7 Å². The first kappa shape index (κ1) is 18.6. The summed E-state index contributed by atoms with van der Waals surface area (Å²) >= 11 is 2.85. The van der Waals surface area contributed by atoms with Crippen LogP contribution in [-0.2, 0) is 11.2 Å². The van der Waals surface area contributed by atoms with Crippen LogP contribution in [0.4, 0.5) is 0 Å². The number of hydrogen-bond donors (Lipinski definition) is 0. The fraction of sp³-hybridized carbons (Fsp3) is 0.333. The number of thioether (sulfide) groups is 1. The summed E-state index contributed by atoms with van der Waals surface area (Å²) in [5.74, 6) is 0.781. The molecular weight excluding hydrogens is 368 g/mol. The fourth-order valence-electron chi connectivity index (χ4n) is 2.41. The maximum absolute atomic E-state index is 12.4. The summed E-state index contributed by atoms with van der Waals surface area (Å²) in [5, 5.41) is 11.4. The van der Waals surface area contributed by atoms with Crippen molar-refractivity contribution in [3.8, 4) is 0 Å². The van der Waals surface area contributed by atoms with E-state index in [1.165, 1.54) is 11.8 Å². The largest absolute Gasteiger partial charge is 0.416 e. The fourth-order valence-corrected chi connectivity index (χ4v) is 3.73. The maximum atomic E-state index is 12.4. The minimum atomic E-state index is 0.00968. The van der Waals surface area contributed by atoms with Crippen LogP contribution < -0.4 is 0 Å². The number of rotatable bonds is 7. The maximum Gasteiger partial charge on any atom is 0.277 e. The smallest absolute Gasteiger partial charge is 0.277 e. The van der Waals surface area contributed by atoms with Gasteiger partial charge in [0.05, 0.1) is 28.9 Å². The van der Waals surface area contributed by atoms with Crippen molar-refractivity contribution < 1.29 is 9.21 Å². The van der Waals surface area contributed by atoms with Gasteiger partial charge in [0, 0.05) is 12.4 Å². The van der Waals surface area contributed by atoms with E-state index >= 15 is 0 Å². The second-order valence-corrected chi connectivity index (χ2v) is 7.87. The lowest BCUT2D eigenvalue weighted by atomic mass is 10.1. The van der Waals surface area contributed by atoms with E-state index in [9.17, 15) is 4.79 Å². The second-order valence-electron chi connectivity index (χ2n) is 5.88. The molecule has 1 unspecified atom stereocenters. The molecule has 26 heavy (non-hydrogen) atoms. The van der Waals surface area contributed by atoms with Gasteiger partial charge >= 0.3 is 0 Å². The van der Waals surface area contributed by atoms with E-state index in [1.54, 1.807) is 16.2 Å². The van der Waals surface area contributed by atoms with Gasteiger partial charge in [-0.15, -0.1) is 21.5 Å². The molecule has 3 aromatic rings. The SMILES string of the molecule is Cc1nc(Cc2nnc(SCC(=O)N(C)C(C)c3ccccc3)o2)cs1. The summed E-state index contributed by atoms with van der Waals surface area (Å²) in [5.41, 5.74) is 2.02. The lowest BCUT2D eigenvalue weighted by Gasteiger charge is -2.25. The van der Waals surface area contributed by atoms with Gasteiger partial charge in [-0.05, 0) is 19.4 Å². The average Bonchev–Trinajstić information content (AvgIpc) is 3.28. The van der Waals surface area contributed by atoms with Crippen LogP contribution in [0.15, 0.2) is 45.4 Å². The van der Waals surface area contributed by atoms with Crippen LogP contribution in [0.25, 0.3) is 0 Å². The average molecular weight is 389 g/mol. The molecule has 0 aliphatic heterocycles. The molecular formula is C18H20N4O2S2. The van der Waals surface area contributed by atoms with E-state index in [0.29, 0.717) is 17.5 Å². The molecule has 0 radical (unpaired) electrons. The molecule has 1 atom stereocenters. The molecule has 2 aromatic heterocycles. The normalized spacial score (nSPS) is 12.1. The number of hydrogen-bond acceptors (Lipinski definition) is 7. The lowest BCUT2D eigenvalue weighted by molar-refractivity contribution is -0.128. The van der Waals surface area contributed by atoms with Gasteiger partial charge in [-0.1, -0.05) is 42.1 Å². The molecule has 2 heterocycles. The molecule has 0 N–H and O–H groups in total. The quantitative estimate of drug-likeness (QED) is 0.574. The topological polar surface area (TPSA) is 72.1 Å². The van der Waals surface area contributed by atoms with Crippen LogP contribution in [-0.4, -0.2) is 38.8 Å². The molecule has 0 fully saturated rings. The zero-order valence-corrected chi connectivity index (χ0v) is 16.5. The molecule has 0 aliphatic carbocycles. The van der Waals surface area contributed by atoms with Gasteiger partial charge < -0.3 is 9.32 Å². The number of amides is 1. The Kier molecular flexibility index (Phi) is 6.05. The summed E-state index contributed by atoms with van der Waals surface area (Å²) in [6.07, 6.45) is 0.511. The zero-order chi connectivity index (χ0) is 18.5. The number of aryl methyl sites for hydroxylation is 1. The summed E-state index contributed by atoms with van der Waals surface area (Å²) in [6, 6.07) is 9.97. The third-order valence-corrected chi connectivity index (χ3v) is 5.65. The van der Waals surface area contributed by atoms with Crippen LogP contribution >= 0.6 is 23.1 Å². The molecule has 0 saturated heterocycles. The van der Waals surface area contributed by atoms with Gasteiger partial charge in [0.2, 0.25) is 11.8 Å². The highest BCUT2D eigenvalue weighted by Gasteiger charge is 2.18. The van der Waals surface area contributed by atoms with Crippen LogP contribution in [0.2, 0.25) is 0 Å². The molecule has 8 heteroatoms. The first-order chi connectivity index (χ1) is 12.5. The Labute approximate surface area is 160 Å². The van der Waals surface area contributed by atoms with Crippen LogP contribution in [0, 0.1) is 6.92 Å². The van der Waals surface area contributed by atoms with Gasteiger partial charge in [0.1, 0.15) is 0 Å². The van der Waals surface area contributed by atoms with Crippen LogP contribution in [0.1, 0.15) is 35.1 Å². The minimum Gasteiger partial charge on any atom is -0.416 e. The minimum absolute atomic E-state index is 0.00968. The first-order valence-electron chi connectivity index (χ1n) is 8.19. The predicted molar refractivity (Wildman–Crippen MR) is 102 cm³/mol. The van der Waals surface area contributed by atoms with Gasteiger partial charge in [0.25, 0.3) is 5.22 Å². The Morgan fingerprint density at radius 2 is 2.08 bits per heavy atom. The van der Waals surface area contributed by atoms with Crippen molar-refractivity contribution in [3.05, 3.63) is 57.9 Å². The number of benzene rings is 1. The highest BCUT2D eigenvalue weighted by molar-refractivity contribution is 7.99. The Hall–Kier alpha value is -2.19. The standard InChI is InChI=1S/C18H20N4O2S2/c1-12(14-7-5-4-6-8-14)22(3)17(23)11-26-18-21-20-16(24-18)9-15-10-25-13(2)19-15/h4-8,10,12H,9,11H2,1-3H3. The molecule has 3 rings (SSSR count). The third-order valence-electron chi connectivity index (χ3n) is 4.02. The van der Waals surface area contributed by atoms with Crippen molar-refractivity contribution in [2.75, 3.05) is 12.8 Å². The first-order valence-corrected chi connectivity index (χ1v) is 10.1. The predicted octanol–water partition coefficient (Wildman–Crippen LogP) is 3.74. The summed E-state index contributed by atoms with van der Waals surface area (Å²) in [4.78, 5) is 18.6. The summed E-state index contributed by atoms with van der Waals surface area (Å²) < 4.78 is 5.61. The van der Waals surface area contributed by atoms with E-state index in [1.807, 2.05) is 56.6 Å². The van der Waals surface area contributed by atoms with E-state index in [4.69, 9.17) is 4.42 Å². The monoisotopic (exact) mass is 388 g/mol. The molecule has 0 bridgehead atoms. The lowest BCUT2D eigenvalue weighted by Crippen LogP contribution is -2.31. The Morgan fingerprint density at radius 1 is 1.31 bits per heavy atom. The summed E-state index contributed by atoms with van der Waals surface area (Å²) in [6.45, 7) is 3.97. The molecule has 6 nitrogen and oxygen atoms in total. The van der Waals surface area contributed by atoms with Gasteiger partial charge in [-0.2, -0.15) is 0 Å². The van der Waals surface area contributed by atoms with E-state index in [0.717, 1.165) is 16.3 Å². The Bertz CT molecular complexity index is 863. The molecule has 0 spiro atoms. The van der Waals surface area contributed by atoms with Crippen molar-refractivity contribution >= 4 is 29.0 Å². The van der Waals surface area contributed by atoms with Crippen LogP contribution in [0.3, 0.4) is 0 Å². The molecule has 136 valence electrons. The Balaban J connectivity index is 1.53. The van der Waals surface area contributed by atoms with Crippen molar-refractivity contribution in [3.63, 3.8) is 0 Å². The number of nitrogens with zero attached hydrogens (tertiary/aromatic N) is 4. The zero-order valence-electron chi connectivity index (χ0n) is 14.9. The molecule has 0 aliphatic rings. The van der Waals surface area contributed by atoms with Gasteiger partial charge in [-0.25, -0.2) is 4.98 Å². The van der Waals surface area contributed by atoms with Gasteiger partial charge in [0.15, 0.2) is 0 Å². The van der Waals surface area contributed by atoms with Crippen molar-refractivity contribution in [2.24, 2.45) is 0 Å². The molecule has 1 amide bonds. The number of carbonyl (C=O) groups is 1. The number of carbonyl (C=O) groups excluding carboxylic acids is 1. The highest BCUT2D eigenvalue weighted by atomic mass is 32.2. The third kappa shape index (κ3) is 4.70. The van der Waals surface area contributed by atoms with Crippen molar-refractivity contribution in [1.82, 2.24) is 20.1 Å².